The van der Waals surface area contributed by atoms with Gasteiger partial charge in [0, 0.05) is 6.54 Å². The van der Waals surface area contributed by atoms with E-state index in [1.807, 2.05) is 6.92 Å². The van der Waals surface area contributed by atoms with Gasteiger partial charge in [-0.1, -0.05) is 0 Å². The molecule has 0 saturated carbocycles. The van der Waals surface area contributed by atoms with Crippen molar-refractivity contribution in [1.82, 2.24) is 20.3 Å². The Hall–Kier alpha value is -1.47. The number of hydrogen-bond acceptors (Lipinski definition) is 5. The second-order valence-corrected chi connectivity index (χ2v) is 5.77. The molecule has 1 amide bonds. The number of hydrogen-bond donors (Lipinski definition) is 2. The lowest BCUT2D eigenvalue weighted by atomic mass is 9.84. The lowest BCUT2D eigenvalue weighted by molar-refractivity contribution is -0.175. The number of aromatic nitrogens is 3. The Morgan fingerprint density at radius 1 is 1.58 bits per heavy atom. The molecule has 0 aliphatic carbocycles. The summed E-state index contributed by atoms with van der Waals surface area (Å²) in [6.45, 7) is 3.78. The van der Waals surface area contributed by atoms with Crippen molar-refractivity contribution in [1.29, 1.82) is 0 Å². The summed E-state index contributed by atoms with van der Waals surface area (Å²) in [5.74, 6) is 0.0559. The smallest absolute Gasteiger partial charge is 0.233 e. The Labute approximate surface area is 110 Å². The van der Waals surface area contributed by atoms with Crippen molar-refractivity contribution in [2.75, 3.05) is 26.3 Å². The van der Waals surface area contributed by atoms with E-state index in [1.54, 1.807) is 4.90 Å². The first kappa shape index (κ1) is 12.6. The van der Waals surface area contributed by atoms with Crippen molar-refractivity contribution in [3.05, 3.63) is 11.9 Å². The predicted octanol–water partition coefficient (Wildman–Crippen LogP) is -0.349. The second-order valence-electron chi connectivity index (χ2n) is 5.77. The predicted molar refractivity (Wildman–Crippen MR) is 65.0 cm³/mol. The van der Waals surface area contributed by atoms with Gasteiger partial charge in [0.05, 0.1) is 31.4 Å². The summed E-state index contributed by atoms with van der Waals surface area (Å²) in [6, 6.07) is 0. The molecule has 0 radical (unpaired) electrons. The summed E-state index contributed by atoms with van der Waals surface area (Å²) in [4.78, 5) is 14.2. The molecule has 1 aromatic heterocycles. The van der Waals surface area contributed by atoms with Gasteiger partial charge < -0.3 is 14.7 Å². The maximum absolute atomic E-state index is 12.5. The van der Waals surface area contributed by atoms with E-state index in [9.17, 15) is 9.90 Å². The average Bonchev–Trinajstić information content (AvgIpc) is 2.89. The van der Waals surface area contributed by atoms with Crippen molar-refractivity contribution >= 4 is 5.91 Å². The number of aliphatic hydroxyl groups is 1. The summed E-state index contributed by atoms with van der Waals surface area (Å²) >= 11 is 0. The van der Waals surface area contributed by atoms with Crippen LogP contribution in [0.5, 0.6) is 0 Å². The van der Waals surface area contributed by atoms with Crippen LogP contribution in [0, 0.1) is 5.41 Å². The Bertz CT molecular complexity index is 471. The molecule has 2 N–H and O–H groups in total. The molecule has 104 valence electrons. The molecule has 2 fully saturated rings. The number of aromatic amines is 1. The molecule has 7 nitrogen and oxygen atoms in total. The minimum Gasteiger partial charge on any atom is -0.382 e. The number of nitrogens with zero attached hydrogens (tertiary/aromatic N) is 3. The maximum atomic E-state index is 12.5. The lowest BCUT2D eigenvalue weighted by Crippen LogP contribution is -2.58. The van der Waals surface area contributed by atoms with E-state index in [0.29, 0.717) is 31.9 Å². The molecular weight excluding hydrogens is 248 g/mol. The summed E-state index contributed by atoms with van der Waals surface area (Å²) in [6.07, 6.45) is 2.87. The quantitative estimate of drug-likeness (QED) is 0.763. The molecule has 2 aliphatic rings. The summed E-state index contributed by atoms with van der Waals surface area (Å²) in [5, 5.41) is 20.8. The van der Waals surface area contributed by atoms with Gasteiger partial charge >= 0.3 is 0 Å². The van der Waals surface area contributed by atoms with Crippen molar-refractivity contribution in [2.45, 2.75) is 25.4 Å². The van der Waals surface area contributed by atoms with Crippen LogP contribution in [-0.2, 0) is 15.1 Å². The van der Waals surface area contributed by atoms with Crippen LogP contribution in [0.25, 0.3) is 0 Å². The number of nitrogens with one attached hydrogen (secondary N) is 1. The maximum Gasteiger partial charge on any atom is 0.233 e. The van der Waals surface area contributed by atoms with Crippen molar-refractivity contribution < 1.29 is 14.6 Å². The molecule has 7 heteroatoms. The molecular formula is C12H18N4O3. The summed E-state index contributed by atoms with van der Waals surface area (Å²) in [7, 11) is 0. The minimum absolute atomic E-state index is 0.0559. The third-order valence-corrected chi connectivity index (χ3v) is 4.01. The molecule has 0 bridgehead atoms. The van der Waals surface area contributed by atoms with E-state index >= 15 is 0 Å². The molecule has 0 aromatic carbocycles. The topological polar surface area (TPSA) is 91.3 Å². The Morgan fingerprint density at radius 2 is 2.37 bits per heavy atom. The number of carbonyl (C=O) groups excluding carboxylic acids is 1. The van der Waals surface area contributed by atoms with Gasteiger partial charge in [-0.25, -0.2) is 0 Å². The largest absolute Gasteiger partial charge is 0.382 e. The fourth-order valence-electron chi connectivity index (χ4n) is 2.76. The van der Waals surface area contributed by atoms with Crippen LogP contribution in [-0.4, -0.2) is 57.6 Å². The van der Waals surface area contributed by atoms with Crippen LogP contribution in [0.15, 0.2) is 6.20 Å². The molecule has 2 aliphatic heterocycles. The van der Waals surface area contributed by atoms with Crippen LogP contribution in [0.1, 0.15) is 25.5 Å². The first-order valence-electron chi connectivity index (χ1n) is 6.49. The van der Waals surface area contributed by atoms with Crippen molar-refractivity contribution in [3.63, 3.8) is 0 Å². The van der Waals surface area contributed by atoms with Crippen LogP contribution < -0.4 is 0 Å². The number of β-amino-alcohol motifs (C(OH)–C–C–N with tert-alkyl or cyclic N) is 1. The van der Waals surface area contributed by atoms with Gasteiger partial charge in [0.25, 0.3) is 0 Å². The third-order valence-electron chi connectivity index (χ3n) is 4.01. The number of amides is 1. The van der Waals surface area contributed by atoms with E-state index in [4.69, 9.17) is 4.74 Å². The highest BCUT2D eigenvalue weighted by Crippen LogP contribution is 2.34. The molecule has 19 heavy (non-hydrogen) atoms. The van der Waals surface area contributed by atoms with Gasteiger partial charge in [-0.05, 0) is 19.8 Å². The molecule has 1 aromatic rings. The molecule has 1 atom stereocenters. The first-order chi connectivity index (χ1) is 9.04. The zero-order valence-corrected chi connectivity index (χ0v) is 10.9. The number of rotatable bonds is 2. The Kier molecular flexibility index (Phi) is 2.83. The Balaban J connectivity index is 1.76. The van der Waals surface area contributed by atoms with Crippen molar-refractivity contribution in [2.24, 2.45) is 5.41 Å². The first-order valence-corrected chi connectivity index (χ1v) is 6.49. The molecule has 3 heterocycles. The zero-order chi connectivity index (χ0) is 13.5. The van der Waals surface area contributed by atoms with E-state index in [0.717, 1.165) is 6.42 Å². The van der Waals surface area contributed by atoms with Gasteiger partial charge in [-0.2, -0.15) is 15.4 Å². The average molecular weight is 266 g/mol. The van der Waals surface area contributed by atoms with Gasteiger partial charge in [0.15, 0.2) is 0 Å². The van der Waals surface area contributed by atoms with Crippen LogP contribution in [0.2, 0.25) is 0 Å². The second kappa shape index (κ2) is 4.28. The van der Waals surface area contributed by atoms with Gasteiger partial charge in [0.2, 0.25) is 5.91 Å². The fourth-order valence-corrected chi connectivity index (χ4v) is 2.76. The summed E-state index contributed by atoms with van der Waals surface area (Å²) in [5.41, 5.74) is -1.02. The molecule has 1 unspecified atom stereocenters. The highest BCUT2D eigenvalue weighted by atomic mass is 16.5. The van der Waals surface area contributed by atoms with E-state index < -0.39 is 11.0 Å². The number of ether oxygens (including phenoxy) is 1. The fraction of sp³-hybridized carbons (Fsp3) is 0.750. The highest BCUT2D eigenvalue weighted by Gasteiger charge is 2.47. The van der Waals surface area contributed by atoms with Crippen LogP contribution in [0.3, 0.4) is 0 Å². The minimum atomic E-state index is -1.10. The zero-order valence-electron chi connectivity index (χ0n) is 10.9. The number of H-pyrrole nitrogens is 1. The molecule has 3 rings (SSSR count). The third kappa shape index (κ3) is 2.02. The van der Waals surface area contributed by atoms with E-state index in [2.05, 4.69) is 15.4 Å². The van der Waals surface area contributed by atoms with Gasteiger partial charge in [0.1, 0.15) is 11.3 Å². The standard InChI is InChI=1S/C12H18N4O3/c1-11(7-19-8-11)10(17)16-4-2-3-12(18,6-16)9-5-13-15-14-9/h5,18H,2-4,6-8H2,1H3,(H,13,14,15). The Morgan fingerprint density at radius 3 is 2.95 bits per heavy atom. The normalized spacial score (nSPS) is 29.9. The monoisotopic (exact) mass is 266 g/mol. The number of carbonyl (C=O) groups is 1. The molecule has 0 spiro atoms. The van der Waals surface area contributed by atoms with E-state index in [-0.39, 0.29) is 12.5 Å². The highest BCUT2D eigenvalue weighted by molar-refractivity contribution is 5.83. The molecule has 2 saturated heterocycles. The SMILES string of the molecule is CC1(C(=O)N2CCCC(O)(c3cn[nH]n3)C2)COC1. The lowest BCUT2D eigenvalue weighted by Gasteiger charge is -2.44. The van der Waals surface area contributed by atoms with Crippen LogP contribution in [0.4, 0.5) is 0 Å². The van der Waals surface area contributed by atoms with Crippen LogP contribution >= 0.6 is 0 Å². The van der Waals surface area contributed by atoms with Gasteiger partial charge in [-0.15, -0.1) is 0 Å². The number of piperidine rings is 1. The van der Waals surface area contributed by atoms with E-state index in [1.165, 1.54) is 6.20 Å². The number of likely N-dealkylation sites (tertiary alicyclic amines) is 1. The van der Waals surface area contributed by atoms with Gasteiger partial charge in [-0.3, -0.25) is 4.79 Å². The summed E-state index contributed by atoms with van der Waals surface area (Å²) < 4.78 is 5.14. The van der Waals surface area contributed by atoms with Crippen molar-refractivity contribution in [3.8, 4) is 0 Å².